The predicted molar refractivity (Wildman–Crippen MR) is 216 cm³/mol. The molecule has 0 aliphatic rings. The van der Waals surface area contributed by atoms with Crippen LogP contribution in [0.2, 0.25) is 0 Å². The van der Waals surface area contributed by atoms with E-state index >= 15 is 0 Å². The highest BCUT2D eigenvalue weighted by molar-refractivity contribution is 5.66. The Balaban J connectivity index is 0. The van der Waals surface area contributed by atoms with Crippen LogP contribution in [-0.4, -0.2) is 22.2 Å². The fraction of sp³-hybridized carbons (Fsp3) is 0.956. The second kappa shape index (κ2) is 46.9. The van der Waals surface area contributed by atoms with Crippen LogP contribution in [0.25, 0.3) is 0 Å². The molecular formula is C45H90O4. The van der Waals surface area contributed by atoms with E-state index < -0.39 is 11.9 Å². The molecule has 0 fully saturated rings. The van der Waals surface area contributed by atoms with Gasteiger partial charge in [-0.15, -0.1) is 0 Å². The van der Waals surface area contributed by atoms with Gasteiger partial charge in [-0.25, -0.2) is 0 Å². The highest BCUT2D eigenvalue weighted by atomic mass is 16.4. The van der Waals surface area contributed by atoms with Gasteiger partial charge in [0.15, 0.2) is 0 Å². The Morgan fingerprint density at radius 1 is 0.245 bits per heavy atom. The lowest BCUT2D eigenvalue weighted by Gasteiger charge is -2.04. The average Bonchev–Trinajstić information content (AvgIpc) is 3.08. The molecule has 2 N–H and O–H groups in total. The van der Waals surface area contributed by atoms with Crippen molar-refractivity contribution in [2.45, 2.75) is 277 Å². The van der Waals surface area contributed by atoms with Gasteiger partial charge in [0.1, 0.15) is 0 Å². The van der Waals surface area contributed by atoms with Crippen LogP contribution >= 0.6 is 0 Å². The molecule has 0 radical (unpaired) electrons. The van der Waals surface area contributed by atoms with E-state index in [1.54, 1.807) is 0 Å². The van der Waals surface area contributed by atoms with Gasteiger partial charge in [0.05, 0.1) is 0 Å². The van der Waals surface area contributed by atoms with Gasteiger partial charge in [-0.3, -0.25) is 9.59 Å². The quantitative estimate of drug-likeness (QED) is 0.0625. The SMILES string of the molecule is CCCCCCCCCCCCCCCCCCCCCCC.O=C(O)CCCCCCCCCCCCCCCCCCCCC(=O)O. The summed E-state index contributed by atoms with van der Waals surface area (Å²) in [6.07, 6.45) is 53.7. The first-order valence-electron chi connectivity index (χ1n) is 22.5. The lowest BCUT2D eigenvalue weighted by atomic mass is 10.0. The third kappa shape index (κ3) is 53.9. The molecule has 0 heterocycles. The summed E-state index contributed by atoms with van der Waals surface area (Å²) in [7, 11) is 0. The smallest absolute Gasteiger partial charge is 0.303 e. The van der Waals surface area contributed by atoms with Crippen LogP contribution in [-0.2, 0) is 9.59 Å². The minimum absolute atomic E-state index is 0.326. The summed E-state index contributed by atoms with van der Waals surface area (Å²) in [4.78, 5) is 20.8. The molecule has 49 heavy (non-hydrogen) atoms. The number of rotatable bonds is 41. The Labute approximate surface area is 308 Å². The van der Waals surface area contributed by atoms with E-state index in [1.807, 2.05) is 0 Å². The summed E-state index contributed by atoms with van der Waals surface area (Å²) < 4.78 is 0. The molecule has 0 spiro atoms. The Bertz CT molecular complexity index is 567. The summed E-state index contributed by atoms with van der Waals surface area (Å²) in [6, 6.07) is 0. The summed E-state index contributed by atoms with van der Waals surface area (Å²) in [5.74, 6) is -1.34. The van der Waals surface area contributed by atoms with Crippen molar-refractivity contribution in [2.75, 3.05) is 0 Å². The Hall–Kier alpha value is -1.06. The molecule has 0 bridgehead atoms. The van der Waals surface area contributed by atoms with Crippen molar-refractivity contribution < 1.29 is 19.8 Å². The molecular weight excluding hydrogens is 604 g/mol. The van der Waals surface area contributed by atoms with Crippen molar-refractivity contribution in [3.63, 3.8) is 0 Å². The number of hydrogen-bond acceptors (Lipinski definition) is 2. The zero-order chi connectivity index (χ0) is 36.1. The molecule has 0 saturated carbocycles. The highest BCUT2D eigenvalue weighted by Gasteiger charge is 1.99. The molecule has 4 nitrogen and oxygen atoms in total. The average molecular weight is 695 g/mol. The first-order chi connectivity index (χ1) is 24.0. The van der Waals surface area contributed by atoms with Gasteiger partial charge in [0, 0.05) is 12.8 Å². The fourth-order valence-corrected chi connectivity index (χ4v) is 6.89. The zero-order valence-corrected chi connectivity index (χ0v) is 33.7. The van der Waals surface area contributed by atoms with Crippen LogP contribution in [0.15, 0.2) is 0 Å². The van der Waals surface area contributed by atoms with Crippen LogP contribution < -0.4 is 0 Å². The minimum atomic E-state index is -0.669. The van der Waals surface area contributed by atoms with Crippen molar-refractivity contribution in [1.82, 2.24) is 0 Å². The second-order valence-electron chi connectivity index (χ2n) is 15.4. The first-order valence-corrected chi connectivity index (χ1v) is 22.5. The Kier molecular flexibility index (Phi) is 47.9. The number of carbonyl (C=O) groups is 2. The number of hydrogen-bond donors (Lipinski definition) is 2. The van der Waals surface area contributed by atoms with Gasteiger partial charge in [0.2, 0.25) is 0 Å². The van der Waals surface area contributed by atoms with E-state index in [0.717, 1.165) is 25.7 Å². The normalized spacial score (nSPS) is 11.1. The van der Waals surface area contributed by atoms with Crippen molar-refractivity contribution in [3.8, 4) is 0 Å². The van der Waals surface area contributed by atoms with E-state index in [4.69, 9.17) is 10.2 Å². The van der Waals surface area contributed by atoms with Crippen molar-refractivity contribution >= 4 is 11.9 Å². The maximum Gasteiger partial charge on any atom is 0.303 e. The van der Waals surface area contributed by atoms with Crippen molar-refractivity contribution in [1.29, 1.82) is 0 Å². The lowest BCUT2D eigenvalue weighted by Crippen LogP contribution is -1.93. The van der Waals surface area contributed by atoms with Crippen LogP contribution in [0.3, 0.4) is 0 Å². The monoisotopic (exact) mass is 695 g/mol. The summed E-state index contributed by atoms with van der Waals surface area (Å²) in [5.41, 5.74) is 0. The van der Waals surface area contributed by atoms with Gasteiger partial charge in [0.25, 0.3) is 0 Å². The van der Waals surface area contributed by atoms with Gasteiger partial charge in [-0.1, -0.05) is 251 Å². The molecule has 0 atom stereocenters. The van der Waals surface area contributed by atoms with Crippen LogP contribution in [0.1, 0.15) is 277 Å². The number of unbranched alkanes of at least 4 members (excludes halogenated alkanes) is 37. The lowest BCUT2D eigenvalue weighted by molar-refractivity contribution is -0.138. The van der Waals surface area contributed by atoms with Crippen LogP contribution in [0, 0.1) is 0 Å². The number of carboxylic acid groups (broad SMARTS) is 2. The van der Waals surface area contributed by atoms with Crippen molar-refractivity contribution in [2.24, 2.45) is 0 Å². The number of aliphatic carboxylic acids is 2. The third-order valence-corrected chi connectivity index (χ3v) is 10.2. The molecule has 0 unspecified atom stereocenters. The molecule has 0 aromatic rings. The standard InChI is InChI=1S/C23H48.C22H42O4/c1-3-5-7-9-11-13-15-17-19-21-23-22-20-18-16-14-12-10-8-6-4-2;23-21(24)19-17-15-13-11-9-7-5-3-1-2-4-6-8-10-12-14-16-18-20-22(25)26/h3-23H2,1-2H3;1-20H2,(H,23,24)(H,25,26). The summed E-state index contributed by atoms with van der Waals surface area (Å²) in [5, 5.41) is 17.1. The summed E-state index contributed by atoms with van der Waals surface area (Å²) >= 11 is 0. The van der Waals surface area contributed by atoms with Crippen LogP contribution in [0.4, 0.5) is 0 Å². The van der Waals surface area contributed by atoms with Gasteiger partial charge >= 0.3 is 11.9 Å². The fourth-order valence-electron chi connectivity index (χ4n) is 6.89. The largest absolute Gasteiger partial charge is 0.481 e. The van der Waals surface area contributed by atoms with Gasteiger partial charge < -0.3 is 10.2 Å². The van der Waals surface area contributed by atoms with E-state index in [0.29, 0.717) is 12.8 Å². The maximum absolute atomic E-state index is 10.4. The number of carboxylic acids is 2. The molecule has 4 heteroatoms. The Morgan fingerprint density at radius 2 is 0.367 bits per heavy atom. The topological polar surface area (TPSA) is 74.6 Å². The molecule has 0 aliphatic carbocycles. The molecule has 294 valence electrons. The minimum Gasteiger partial charge on any atom is -0.481 e. The van der Waals surface area contributed by atoms with E-state index in [-0.39, 0.29) is 0 Å². The van der Waals surface area contributed by atoms with Crippen LogP contribution in [0.5, 0.6) is 0 Å². The van der Waals surface area contributed by atoms with E-state index in [9.17, 15) is 9.59 Å². The molecule has 0 amide bonds. The highest BCUT2D eigenvalue weighted by Crippen LogP contribution is 2.16. The molecule has 0 saturated heterocycles. The zero-order valence-electron chi connectivity index (χ0n) is 33.7. The maximum atomic E-state index is 10.4. The summed E-state index contributed by atoms with van der Waals surface area (Å²) in [6.45, 7) is 4.60. The molecule has 0 aliphatic heterocycles. The molecule has 0 aromatic carbocycles. The third-order valence-electron chi connectivity index (χ3n) is 10.2. The van der Waals surface area contributed by atoms with Gasteiger partial charge in [-0.2, -0.15) is 0 Å². The van der Waals surface area contributed by atoms with E-state index in [1.165, 1.54) is 225 Å². The predicted octanol–water partition coefficient (Wildman–Crippen LogP) is 16.2. The van der Waals surface area contributed by atoms with Gasteiger partial charge in [-0.05, 0) is 12.8 Å². The van der Waals surface area contributed by atoms with E-state index in [2.05, 4.69) is 13.8 Å². The first kappa shape index (κ1) is 50.0. The van der Waals surface area contributed by atoms with Crippen molar-refractivity contribution in [3.05, 3.63) is 0 Å². The molecule has 0 rings (SSSR count). The Morgan fingerprint density at radius 3 is 0.490 bits per heavy atom. The molecule has 0 aromatic heterocycles. The second-order valence-corrected chi connectivity index (χ2v) is 15.4.